The SMILES string of the molecule is CCCCCCCCC(O)CCCCCCCC(C)S(=O)(=O)O. The van der Waals surface area contributed by atoms with E-state index in [0.29, 0.717) is 6.42 Å². The average Bonchev–Trinajstić information content (AvgIpc) is 2.48. The predicted octanol–water partition coefficient (Wildman–Crippen LogP) is 5.10. The molecule has 0 saturated heterocycles. The van der Waals surface area contributed by atoms with E-state index in [1.165, 1.54) is 32.1 Å². The highest BCUT2D eigenvalue weighted by Crippen LogP contribution is 2.15. The Kier molecular flexibility index (Phi) is 14.2. The Hall–Kier alpha value is -0.130. The van der Waals surface area contributed by atoms with Gasteiger partial charge in [0.2, 0.25) is 0 Å². The molecule has 0 aliphatic rings. The third kappa shape index (κ3) is 15.2. The molecular weight excluding hydrogens is 312 g/mol. The zero-order valence-electron chi connectivity index (χ0n) is 15.2. The number of rotatable bonds is 16. The Balaban J connectivity index is 3.34. The molecule has 0 aromatic heterocycles. The largest absolute Gasteiger partial charge is 0.393 e. The highest BCUT2D eigenvalue weighted by Gasteiger charge is 2.15. The normalized spacial score (nSPS) is 14.8. The van der Waals surface area contributed by atoms with Crippen molar-refractivity contribution < 1.29 is 18.1 Å². The van der Waals surface area contributed by atoms with Crippen LogP contribution in [-0.2, 0) is 10.1 Å². The minimum atomic E-state index is -3.86. The van der Waals surface area contributed by atoms with Crippen molar-refractivity contribution in [3.05, 3.63) is 0 Å². The van der Waals surface area contributed by atoms with Gasteiger partial charge in [0.25, 0.3) is 10.1 Å². The summed E-state index contributed by atoms with van der Waals surface area (Å²) >= 11 is 0. The lowest BCUT2D eigenvalue weighted by atomic mass is 10.0. The van der Waals surface area contributed by atoms with E-state index in [1.54, 1.807) is 6.92 Å². The Morgan fingerprint density at radius 3 is 1.57 bits per heavy atom. The second-order valence-electron chi connectivity index (χ2n) is 6.88. The summed E-state index contributed by atoms with van der Waals surface area (Å²) in [6.07, 6.45) is 14.8. The summed E-state index contributed by atoms with van der Waals surface area (Å²) in [7, 11) is -3.86. The van der Waals surface area contributed by atoms with E-state index in [9.17, 15) is 13.5 Å². The van der Waals surface area contributed by atoms with Crippen LogP contribution in [0.4, 0.5) is 0 Å². The van der Waals surface area contributed by atoms with Crippen molar-refractivity contribution in [3.63, 3.8) is 0 Å². The molecule has 2 unspecified atom stereocenters. The lowest BCUT2D eigenvalue weighted by Gasteiger charge is -2.10. The second kappa shape index (κ2) is 14.2. The first kappa shape index (κ1) is 22.9. The minimum absolute atomic E-state index is 0.152. The molecule has 23 heavy (non-hydrogen) atoms. The van der Waals surface area contributed by atoms with Crippen molar-refractivity contribution in [3.8, 4) is 0 Å². The van der Waals surface area contributed by atoms with Crippen molar-refractivity contribution in [2.75, 3.05) is 0 Å². The Labute approximate surface area is 143 Å². The van der Waals surface area contributed by atoms with Crippen LogP contribution in [0, 0.1) is 0 Å². The first-order valence-corrected chi connectivity index (χ1v) is 11.0. The highest BCUT2D eigenvalue weighted by atomic mass is 32.2. The summed E-state index contributed by atoms with van der Waals surface area (Å²) < 4.78 is 30.6. The average molecular weight is 351 g/mol. The van der Waals surface area contributed by atoms with Gasteiger partial charge in [-0.1, -0.05) is 77.6 Å². The van der Waals surface area contributed by atoms with Gasteiger partial charge in [-0.05, 0) is 26.2 Å². The molecule has 0 amide bonds. The van der Waals surface area contributed by atoms with Gasteiger partial charge in [0.15, 0.2) is 0 Å². The van der Waals surface area contributed by atoms with Gasteiger partial charge in [0.1, 0.15) is 0 Å². The molecule has 0 aromatic carbocycles. The molecule has 0 aliphatic heterocycles. The monoisotopic (exact) mass is 350 g/mol. The van der Waals surface area contributed by atoms with Crippen molar-refractivity contribution >= 4 is 10.1 Å². The lowest BCUT2D eigenvalue weighted by molar-refractivity contribution is 0.147. The summed E-state index contributed by atoms with van der Waals surface area (Å²) in [5.74, 6) is 0. The van der Waals surface area contributed by atoms with Crippen molar-refractivity contribution in [2.24, 2.45) is 0 Å². The van der Waals surface area contributed by atoms with Gasteiger partial charge in [0.05, 0.1) is 11.4 Å². The molecule has 2 atom stereocenters. The summed E-state index contributed by atoms with van der Waals surface area (Å²) in [5, 5.41) is 9.27. The number of hydrogen-bond donors (Lipinski definition) is 2. The maximum absolute atomic E-state index is 10.9. The molecule has 0 saturated carbocycles. The number of aliphatic hydroxyl groups is 1. The van der Waals surface area contributed by atoms with E-state index in [-0.39, 0.29) is 6.10 Å². The molecule has 0 aliphatic carbocycles. The lowest BCUT2D eigenvalue weighted by Crippen LogP contribution is -2.16. The number of aliphatic hydroxyl groups excluding tert-OH is 1. The topological polar surface area (TPSA) is 74.6 Å². The first-order chi connectivity index (χ1) is 10.9. The van der Waals surface area contributed by atoms with Gasteiger partial charge >= 0.3 is 0 Å². The van der Waals surface area contributed by atoms with Gasteiger partial charge in [-0.2, -0.15) is 8.42 Å². The summed E-state index contributed by atoms with van der Waals surface area (Å²) in [6, 6.07) is 0. The van der Waals surface area contributed by atoms with Gasteiger partial charge in [0, 0.05) is 0 Å². The molecule has 0 rings (SSSR count). The van der Waals surface area contributed by atoms with Crippen LogP contribution in [0.2, 0.25) is 0 Å². The third-order valence-corrected chi connectivity index (χ3v) is 5.80. The van der Waals surface area contributed by atoms with Crippen LogP contribution < -0.4 is 0 Å². The van der Waals surface area contributed by atoms with Crippen LogP contribution in [0.3, 0.4) is 0 Å². The molecule has 0 fully saturated rings. The Morgan fingerprint density at radius 2 is 1.13 bits per heavy atom. The molecule has 0 radical (unpaired) electrons. The van der Waals surface area contributed by atoms with Crippen LogP contribution >= 0.6 is 0 Å². The maximum Gasteiger partial charge on any atom is 0.267 e. The maximum atomic E-state index is 10.9. The molecule has 0 bridgehead atoms. The van der Waals surface area contributed by atoms with Crippen molar-refractivity contribution in [1.29, 1.82) is 0 Å². The van der Waals surface area contributed by atoms with Gasteiger partial charge in [-0.25, -0.2) is 0 Å². The fourth-order valence-electron chi connectivity index (χ4n) is 2.80. The van der Waals surface area contributed by atoms with Gasteiger partial charge in [-0.3, -0.25) is 4.55 Å². The number of unbranched alkanes of at least 4 members (excludes halogenated alkanes) is 9. The van der Waals surface area contributed by atoms with Gasteiger partial charge < -0.3 is 5.11 Å². The first-order valence-electron chi connectivity index (χ1n) is 9.52. The van der Waals surface area contributed by atoms with E-state index in [1.807, 2.05) is 0 Å². The predicted molar refractivity (Wildman–Crippen MR) is 97.3 cm³/mol. The Morgan fingerprint density at radius 1 is 0.739 bits per heavy atom. The quantitative estimate of drug-likeness (QED) is 0.300. The minimum Gasteiger partial charge on any atom is -0.393 e. The van der Waals surface area contributed by atoms with Crippen molar-refractivity contribution in [1.82, 2.24) is 0 Å². The second-order valence-corrected chi connectivity index (χ2v) is 8.72. The molecule has 0 aromatic rings. The van der Waals surface area contributed by atoms with E-state index >= 15 is 0 Å². The van der Waals surface area contributed by atoms with Crippen LogP contribution in [0.15, 0.2) is 0 Å². The summed E-state index contributed by atoms with van der Waals surface area (Å²) in [6.45, 7) is 3.77. The number of hydrogen-bond acceptors (Lipinski definition) is 3. The third-order valence-electron chi connectivity index (χ3n) is 4.55. The summed E-state index contributed by atoms with van der Waals surface area (Å²) in [5.41, 5.74) is 0. The molecule has 5 heteroatoms. The molecule has 0 heterocycles. The van der Waals surface area contributed by atoms with Crippen LogP contribution in [0.1, 0.15) is 104 Å². The summed E-state index contributed by atoms with van der Waals surface area (Å²) in [4.78, 5) is 0. The Bertz CT molecular complexity index is 354. The van der Waals surface area contributed by atoms with Crippen LogP contribution in [0.5, 0.6) is 0 Å². The molecule has 140 valence electrons. The van der Waals surface area contributed by atoms with Crippen LogP contribution in [-0.4, -0.2) is 29.4 Å². The zero-order chi connectivity index (χ0) is 17.6. The van der Waals surface area contributed by atoms with Crippen molar-refractivity contribution in [2.45, 2.75) is 115 Å². The van der Waals surface area contributed by atoms with E-state index < -0.39 is 15.4 Å². The fraction of sp³-hybridized carbons (Fsp3) is 1.00. The zero-order valence-corrected chi connectivity index (χ0v) is 16.0. The van der Waals surface area contributed by atoms with E-state index in [0.717, 1.165) is 51.4 Å². The van der Waals surface area contributed by atoms with E-state index in [2.05, 4.69) is 6.92 Å². The molecule has 2 N–H and O–H groups in total. The highest BCUT2D eigenvalue weighted by molar-refractivity contribution is 7.86. The fourth-order valence-corrected chi connectivity index (χ4v) is 3.26. The van der Waals surface area contributed by atoms with Crippen LogP contribution in [0.25, 0.3) is 0 Å². The van der Waals surface area contributed by atoms with Gasteiger partial charge in [-0.15, -0.1) is 0 Å². The molecule has 4 nitrogen and oxygen atoms in total. The van der Waals surface area contributed by atoms with E-state index in [4.69, 9.17) is 4.55 Å². The molecule has 0 spiro atoms. The standard InChI is InChI=1S/C18H38O4S/c1-3-4-5-6-9-12-15-18(19)16-13-10-7-8-11-14-17(2)23(20,21)22/h17-19H,3-16H2,1-2H3,(H,20,21,22). The smallest absolute Gasteiger partial charge is 0.267 e. The molecular formula is C18H38O4S.